The lowest BCUT2D eigenvalue weighted by molar-refractivity contribution is 1.10. The van der Waals surface area contributed by atoms with Crippen LogP contribution in [0.15, 0.2) is 152 Å². The molecule has 0 saturated carbocycles. The van der Waals surface area contributed by atoms with Crippen LogP contribution in [0.1, 0.15) is 23.6 Å². The second-order valence-electron chi connectivity index (χ2n) is 11.9. The Morgan fingerprint density at radius 3 is 2.08 bits per heavy atom. The fourth-order valence-corrected chi connectivity index (χ4v) is 6.99. The summed E-state index contributed by atoms with van der Waals surface area (Å²) in [4.78, 5) is 5.12. The molecule has 8 rings (SSSR count). The van der Waals surface area contributed by atoms with E-state index in [0.29, 0.717) is 5.56 Å². The van der Waals surface area contributed by atoms with Gasteiger partial charge in [-0.2, -0.15) is 5.26 Å². The molecule has 0 aliphatic rings. The third kappa shape index (κ3) is 4.80. The number of nitriles is 1. The summed E-state index contributed by atoms with van der Waals surface area (Å²) < 4.78 is 2.18. The topological polar surface area (TPSA) is 41.6 Å². The summed E-state index contributed by atoms with van der Waals surface area (Å²) >= 11 is 0. The van der Waals surface area contributed by atoms with Gasteiger partial charge in [0.2, 0.25) is 0 Å². The lowest BCUT2D eigenvalue weighted by Gasteiger charge is -2.21. The number of fused-ring (bicyclic) bond motifs is 3. The molecular formula is C45H31N3. The molecule has 0 unspecified atom stereocenters. The van der Waals surface area contributed by atoms with E-state index < -0.39 is 0 Å². The third-order valence-corrected chi connectivity index (χ3v) is 9.08. The average Bonchev–Trinajstić information content (AvgIpc) is 3.53. The second kappa shape index (κ2) is 12.0. The van der Waals surface area contributed by atoms with Crippen molar-refractivity contribution in [3.8, 4) is 45.4 Å². The molecule has 0 aliphatic carbocycles. The maximum absolute atomic E-state index is 9.61. The molecule has 0 fully saturated rings. The number of imidazole rings is 1. The van der Waals surface area contributed by atoms with Crippen molar-refractivity contribution in [2.75, 3.05) is 0 Å². The van der Waals surface area contributed by atoms with E-state index in [0.717, 1.165) is 50.4 Å². The molecule has 0 spiro atoms. The first-order chi connectivity index (χ1) is 23.7. The SMILES string of the molecule is C=Cc1c(/C=C\C)c(-c2cccc(-c3nc4cc(C#N)ccc4n3-c3ccccc3)c2)c2ccccc2c1-c1ccc2ccccc2c1. The number of hydrogen-bond donors (Lipinski definition) is 0. The van der Waals surface area contributed by atoms with Crippen molar-refractivity contribution >= 4 is 44.7 Å². The summed E-state index contributed by atoms with van der Waals surface area (Å²) in [6.07, 6.45) is 6.32. The van der Waals surface area contributed by atoms with Gasteiger partial charge in [0.25, 0.3) is 0 Å². The molecule has 0 aliphatic heterocycles. The first kappa shape index (κ1) is 28.9. The van der Waals surface area contributed by atoms with E-state index >= 15 is 0 Å². The molecule has 0 radical (unpaired) electrons. The maximum Gasteiger partial charge on any atom is 0.145 e. The predicted molar refractivity (Wildman–Crippen MR) is 202 cm³/mol. The summed E-state index contributed by atoms with van der Waals surface area (Å²) in [5, 5.41) is 14.4. The van der Waals surface area contributed by atoms with Crippen LogP contribution in [-0.2, 0) is 0 Å². The molecule has 3 nitrogen and oxygen atoms in total. The highest BCUT2D eigenvalue weighted by molar-refractivity contribution is 6.12. The van der Waals surface area contributed by atoms with Gasteiger partial charge in [-0.25, -0.2) is 4.98 Å². The van der Waals surface area contributed by atoms with Gasteiger partial charge < -0.3 is 0 Å². The fourth-order valence-electron chi connectivity index (χ4n) is 6.99. The molecular weight excluding hydrogens is 583 g/mol. The summed E-state index contributed by atoms with van der Waals surface area (Å²) in [6, 6.07) is 50.8. The molecule has 0 amide bonds. The largest absolute Gasteiger partial charge is 0.292 e. The smallest absolute Gasteiger partial charge is 0.145 e. The summed E-state index contributed by atoms with van der Waals surface area (Å²) in [7, 11) is 0. The average molecular weight is 614 g/mol. The van der Waals surface area contributed by atoms with Crippen molar-refractivity contribution in [2.24, 2.45) is 0 Å². The van der Waals surface area contributed by atoms with Crippen LogP contribution in [0.3, 0.4) is 0 Å². The lowest BCUT2D eigenvalue weighted by atomic mass is 9.82. The quantitative estimate of drug-likeness (QED) is 0.187. The Balaban J connectivity index is 1.40. The van der Waals surface area contributed by atoms with E-state index in [-0.39, 0.29) is 0 Å². The van der Waals surface area contributed by atoms with Gasteiger partial charge in [0.1, 0.15) is 5.82 Å². The minimum atomic E-state index is 0.589. The molecule has 1 aromatic heterocycles. The van der Waals surface area contributed by atoms with Crippen LogP contribution < -0.4 is 0 Å². The van der Waals surface area contributed by atoms with E-state index in [1.807, 2.05) is 42.5 Å². The Kier molecular flexibility index (Phi) is 7.25. The second-order valence-corrected chi connectivity index (χ2v) is 11.9. The number of aromatic nitrogens is 2. The normalized spacial score (nSPS) is 11.4. The minimum absolute atomic E-state index is 0.589. The monoisotopic (exact) mass is 613 g/mol. The first-order valence-corrected chi connectivity index (χ1v) is 16.1. The molecule has 0 bridgehead atoms. The molecule has 7 aromatic carbocycles. The van der Waals surface area contributed by atoms with Crippen LogP contribution in [-0.4, -0.2) is 9.55 Å². The van der Waals surface area contributed by atoms with Crippen molar-refractivity contribution in [3.05, 3.63) is 169 Å². The van der Waals surface area contributed by atoms with Crippen LogP contribution >= 0.6 is 0 Å². The van der Waals surface area contributed by atoms with Crippen molar-refractivity contribution in [1.82, 2.24) is 9.55 Å². The first-order valence-electron chi connectivity index (χ1n) is 16.1. The van der Waals surface area contributed by atoms with Gasteiger partial charge in [0.05, 0.1) is 22.7 Å². The molecule has 1 heterocycles. The summed E-state index contributed by atoms with van der Waals surface area (Å²) in [5.41, 5.74) is 11.1. The Labute approximate surface area is 280 Å². The molecule has 0 saturated heterocycles. The van der Waals surface area contributed by atoms with Crippen LogP contribution in [0.25, 0.3) is 84.1 Å². The van der Waals surface area contributed by atoms with Gasteiger partial charge in [-0.15, -0.1) is 0 Å². The Morgan fingerprint density at radius 2 is 1.33 bits per heavy atom. The lowest BCUT2D eigenvalue weighted by Crippen LogP contribution is -1.99. The van der Waals surface area contributed by atoms with Gasteiger partial charge in [-0.3, -0.25) is 4.57 Å². The number of hydrogen-bond acceptors (Lipinski definition) is 2. The molecule has 226 valence electrons. The maximum atomic E-state index is 9.61. The predicted octanol–water partition coefficient (Wildman–Crippen LogP) is 11.9. The minimum Gasteiger partial charge on any atom is -0.292 e. The highest BCUT2D eigenvalue weighted by atomic mass is 15.1. The van der Waals surface area contributed by atoms with Gasteiger partial charge in [-0.05, 0) is 104 Å². The van der Waals surface area contributed by atoms with E-state index in [4.69, 9.17) is 4.98 Å². The van der Waals surface area contributed by atoms with Crippen molar-refractivity contribution in [2.45, 2.75) is 6.92 Å². The zero-order chi connectivity index (χ0) is 32.6. The number of benzene rings is 7. The van der Waals surface area contributed by atoms with E-state index in [9.17, 15) is 5.26 Å². The van der Waals surface area contributed by atoms with Crippen LogP contribution in [0.5, 0.6) is 0 Å². The van der Waals surface area contributed by atoms with Crippen molar-refractivity contribution in [1.29, 1.82) is 5.26 Å². The molecule has 0 atom stereocenters. The van der Waals surface area contributed by atoms with Crippen molar-refractivity contribution < 1.29 is 0 Å². The van der Waals surface area contributed by atoms with Crippen molar-refractivity contribution in [3.63, 3.8) is 0 Å². The summed E-state index contributed by atoms with van der Waals surface area (Å²) in [6.45, 7) is 6.41. The Hall–Kier alpha value is -6.50. The van der Waals surface area contributed by atoms with Crippen LogP contribution in [0.2, 0.25) is 0 Å². The molecule has 0 N–H and O–H groups in total. The molecule has 8 aromatic rings. The van der Waals surface area contributed by atoms with Gasteiger partial charge in [0.15, 0.2) is 0 Å². The number of rotatable bonds is 6. The number of para-hydroxylation sites is 1. The van der Waals surface area contributed by atoms with E-state index in [2.05, 4.69) is 139 Å². The van der Waals surface area contributed by atoms with Gasteiger partial charge in [0, 0.05) is 11.3 Å². The van der Waals surface area contributed by atoms with Crippen LogP contribution in [0, 0.1) is 11.3 Å². The van der Waals surface area contributed by atoms with E-state index in [1.54, 1.807) is 0 Å². The Bertz CT molecular complexity index is 2600. The van der Waals surface area contributed by atoms with Gasteiger partial charge in [-0.1, -0.05) is 122 Å². The third-order valence-electron chi connectivity index (χ3n) is 9.08. The molecule has 3 heteroatoms. The number of allylic oxidation sites excluding steroid dienone is 1. The zero-order valence-electron chi connectivity index (χ0n) is 26.6. The zero-order valence-corrected chi connectivity index (χ0v) is 26.6. The van der Waals surface area contributed by atoms with Gasteiger partial charge >= 0.3 is 0 Å². The number of nitrogens with zero attached hydrogens (tertiary/aromatic N) is 3. The van der Waals surface area contributed by atoms with Crippen LogP contribution in [0.4, 0.5) is 0 Å². The van der Waals surface area contributed by atoms with E-state index in [1.165, 1.54) is 32.7 Å². The summed E-state index contributed by atoms with van der Waals surface area (Å²) in [5.74, 6) is 0.821. The molecule has 48 heavy (non-hydrogen) atoms. The Morgan fingerprint density at radius 1 is 0.646 bits per heavy atom. The highest BCUT2D eigenvalue weighted by Gasteiger charge is 2.21. The fraction of sp³-hybridized carbons (Fsp3) is 0.0222. The highest BCUT2D eigenvalue weighted by Crippen LogP contribution is 2.44. The standard InChI is InChI=1S/C45H31N3/c1-3-13-38-37(4-2)43(34-24-23-31-14-8-9-15-32(31)27-34)39-20-10-11-21-40(39)44(38)33-16-12-17-35(28-33)45-47-41-26-30(29-46)22-25-42(41)48(45)36-18-6-5-7-19-36/h3-28H,2H2,1H3/b13-3-.